The van der Waals surface area contributed by atoms with Crippen molar-refractivity contribution >= 4 is 16.9 Å². The van der Waals surface area contributed by atoms with Gasteiger partial charge in [-0.1, -0.05) is 12.1 Å². The van der Waals surface area contributed by atoms with E-state index in [4.69, 9.17) is 4.74 Å². The van der Waals surface area contributed by atoms with Gasteiger partial charge in [0.05, 0.1) is 23.7 Å². The minimum absolute atomic E-state index is 0.0226. The Morgan fingerprint density at radius 3 is 2.95 bits per heavy atom. The molecule has 21 heavy (non-hydrogen) atoms. The van der Waals surface area contributed by atoms with Gasteiger partial charge in [-0.25, -0.2) is 4.98 Å². The van der Waals surface area contributed by atoms with E-state index in [1.54, 1.807) is 7.05 Å². The maximum atomic E-state index is 12.0. The second-order valence-electron chi connectivity index (χ2n) is 5.08. The van der Waals surface area contributed by atoms with Crippen LogP contribution in [0.25, 0.3) is 11.0 Å². The lowest BCUT2D eigenvalue weighted by Crippen LogP contribution is -2.36. The number of nitrogens with zero attached hydrogens (tertiary/aromatic N) is 2. The first-order chi connectivity index (χ1) is 10.1. The number of rotatable bonds is 7. The highest BCUT2D eigenvalue weighted by Gasteiger charge is 2.14. The summed E-state index contributed by atoms with van der Waals surface area (Å²) >= 11 is 0. The van der Waals surface area contributed by atoms with Gasteiger partial charge in [-0.2, -0.15) is 0 Å². The van der Waals surface area contributed by atoms with Gasteiger partial charge in [-0.15, -0.1) is 0 Å². The molecular weight excluding hydrogens is 270 g/mol. The molecule has 0 bridgehead atoms. The number of ether oxygens (including phenoxy) is 1. The summed E-state index contributed by atoms with van der Waals surface area (Å²) in [4.78, 5) is 21.2. The Morgan fingerprint density at radius 1 is 1.48 bits per heavy atom. The molecule has 1 unspecified atom stereocenters. The first-order valence-corrected chi connectivity index (χ1v) is 6.94. The van der Waals surface area contributed by atoms with E-state index in [0.29, 0.717) is 12.8 Å². The number of aromatic amines is 1. The number of carbonyl (C=O) groups is 1. The molecule has 2 rings (SSSR count). The van der Waals surface area contributed by atoms with Crippen LogP contribution >= 0.6 is 0 Å². The highest BCUT2D eigenvalue weighted by Crippen LogP contribution is 2.11. The molecule has 1 atom stereocenters. The molecular formula is C15H21N3O3. The van der Waals surface area contributed by atoms with Gasteiger partial charge in [0.2, 0.25) is 5.91 Å². The van der Waals surface area contributed by atoms with Crippen molar-refractivity contribution < 1.29 is 14.6 Å². The summed E-state index contributed by atoms with van der Waals surface area (Å²) < 4.78 is 4.84. The van der Waals surface area contributed by atoms with Gasteiger partial charge in [0, 0.05) is 33.5 Å². The molecule has 2 aromatic rings. The number of amides is 1. The minimum Gasteiger partial charge on any atom is -0.389 e. The first-order valence-electron chi connectivity index (χ1n) is 6.94. The molecule has 0 spiro atoms. The third-order valence-corrected chi connectivity index (χ3v) is 3.28. The monoisotopic (exact) mass is 291 g/mol. The van der Waals surface area contributed by atoms with Crippen LogP contribution in [0.5, 0.6) is 0 Å². The fraction of sp³-hybridized carbons (Fsp3) is 0.467. The summed E-state index contributed by atoms with van der Waals surface area (Å²) in [5.41, 5.74) is 1.88. The normalized spacial score (nSPS) is 12.5. The fourth-order valence-corrected chi connectivity index (χ4v) is 2.20. The smallest absolute Gasteiger partial charge is 0.222 e. The lowest BCUT2D eigenvalue weighted by atomic mass is 10.2. The zero-order valence-electron chi connectivity index (χ0n) is 12.4. The number of hydrogen-bond donors (Lipinski definition) is 2. The molecule has 0 fully saturated rings. The van der Waals surface area contributed by atoms with Crippen molar-refractivity contribution in [3.63, 3.8) is 0 Å². The van der Waals surface area contributed by atoms with Gasteiger partial charge >= 0.3 is 0 Å². The molecule has 1 heterocycles. The molecule has 1 aromatic carbocycles. The molecule has 0 saturated heterocycles. The fourth-order valence-electron chi connectivity index (χ4n) is 2.20. The second kappa shape index (κ2) is 7.19. The number of nitrogens with one attached hydrogen (secondary N) is 1. The molecule has 6 heteroatoms. The number of carbonyl (C=O) groups excluding carboxylic acids is 1. The van der Waals surface area contributed by atoms with E-state index in [2.05, 4.69) is 9.97 Å². The van der Waals surface area contributed by atoms with Crippen LogP contribution in [0.4, 0.5) is 0 Å². The molecule has 0 saturated carbocycles. The number of aryl methyl sites for hydroxylation is 1. The number of para-hydroxylation sites is 2. The Bertz CT molecular complexity index is 564. The van der Waals surface area contributed by atoms with E-state index in [9.17, 15) is 9.90 Å². The summed E-state index contributed by atoms with van der Waals surface area (Å²) in [6.07, 6.45) is 0.254. The Labute approximate surface area is 123 Å². The molecule has 0 aliphatic rings. The largest absolute Gasteiger partial charge is 0.389 e. The van der Waals surface area contributed by atoms with Crippen LogP contribution in [-0.4, -0.2) is 59.3 Å². The number of benzene rings is 1. The third kappa shape index (κ3) is 4.27. The first kappa shape index (κ1) is 15.5. The summed E-state index contributed by atoms with van der Waals surface area (Å²) in [5, 5.41) is 9.61. The Balaban J connectivity index is 1.85. The maximum absolute atomic E-state index is 12.0. The zero-order valence-corrected chi connectivity index (χ0v) is 12.4. The summed E-state index contributed by atoms with van der Waals surface area (Å²) in [7, 11) is 3.20. The van der Waals surface area contributed by atoms with Crippen molar-refractivity contribution in [1.29, 1.82) is 0 Å². The van der Waals surface area contributed by atoms with Crippen molar-refractivity contribution in [3.05, 3.63) is 30.1 Å². The van der Waals surface area contributed by atoms with E-state index >= 15 is 0 Å². The number of likely N-dealkylation sites (N-methyl/N-ethyl adjacent to an activating group) is 1. The van der Waals surface area contributed by atoms with Crippen LogP contribution in [0.2, 0.25) is 0 Å². The maximum Gasteiger partial charge on any atom is 0.222 e. The molecule has 0 radical (unpaired) electrons. The number of aromatic nitrogens is 2. The topological polar surface area (TPSA) is 78.5 Å². The predicted molar refractivity (Wildman–Crippen MR) is 79.9 cm³/mol. The highest BCUT2D eigenvalue weighted by atomic mass is 16.5. The Morgan fingerprint density at radius 2 is 2.24 bits per heavy atom. The van der Waals surface area contributed by atoms with E-state index < -0.39 is 6.10 Å². The molecule has 1 aromatic heterocycles. The third-order valence-electron chi connectivity index (χ3n) is 3.28. The average molecular weight is 291 g/mol. The van der Waals surface area contributed by atoms with E-state index in [1.807, 2.05) is 24.3 Å². The van der Waals surface area contributed by atoms with E-state index in [-0.39, 0.29) is 19.1 Å². The van der Waals surface area contributed by atoms with Gasteiger partial charge in [0.25, 0.3) is 0 Å². The molecule has 6 nitrogen and oxygen atoms in total. The number of methoxy groups -OCH3 is 1. The lowest BCUT2D eigenvalue weighted by Gasteiger charge is -2.20. The van der Waals surface area contributed by atoms with Crippen LogP contribution < -0.4 is 0 Å². The van der Waals surface area contributed by atoms with Crippen molar-refractivity contribution in [2.45, 2.75) is 18.9 Å². The molecule has 0 aliphatic heterocycles. The van der Waals surface area contributed by atoms with Crippen molar-refractivity contribution in [3.8, 4) is 0 Å². The van der Waals surface area contributed by atoms with Crippen LogP contribution in [0.3, 0.4) is 0 Å². The van der Waals surface area contributed by atoms with E-state index in [1.165, 1.54) is 12.0 Å². The minimum atomic E-state index is -0.657. The standard InChI is InChI=1S/C15H21N3O3/c1-18(9-11(19)10-21-2)15(20)8-7-14-16-12-5-3-4-6-13(12)17-14/h3-6,11,19H,7-10H2,1-2H3,(H,16,17). The van der Waals surface area contributed by atoms with Crippen LogP contribution in [0, 0.1) is 0 Å². The number of H-pyrrole nitrogens is 1. The van der Waals surface area contributed by atoms with Crippen molar-refractivity contribution in [2.24, 2.45) is 0 Å². The average Bonchev–Trinajstić information content (AvgIpc) is 2.87. The van der Waals surface area contributed by atoms with Gasteiger partial charge in [-0.3, -0.25) is 4.79 Å². The molecule has 114 valence electrons. The number of hydrogen-bond acceptors (Lipinski definition) is 4. The summed E-state index contributed by atoms with van der Waals surface area (Å²) in [5.74, 6) is 0.779. The number of imidazole rings is 1. The van der Waals surface area contributed by atoms with Gasteiger partial charge in [-0.05, 0) is 12.1 Å². The van der Waals surface area contributed by atoms with E-state index in [0.717, 1.165) is 16.9 Å². The Hall–Kier alpha value is -1.92. The zero-order chi connectivity index (χ0) is 15.2. The quantitative estimate of drug-likeness (QED) is 0.796. The molecule has 1 amide bonds. The van der Waals surface area contributed by atoms with Gasteiger partial charge < -0.3 is 19.7 Å². The Kier molecular flexibility index (Phi) is 5.30. The van der Waals surface area contributed by atoms with Gasteiger partial charge in [0.15, 0.2) is 0 Å². The SMILES string of the molecule is COCC(O)CN(C)C(=O)CCc1nc2ccccc2[nH]1. The van der Waals surface area contributed by atoms with Crippen molar-refractivity contribution in [2.75, 3.05) is 27.3 Å². The summed E-state index contributed by atoms with van der Waals surface area (Å²) in [6.45, 7) is 0.494. The van der Waals surface area contributed by atoms with Crippen LogP contribution in [0.15, 0.2) is 24.3 Å². The van der Waals surface area contributed by atoms with Gasteiger partial charge in [0.1, 0.15) is 5.82 Å². The molecule has 0 aliphatic carbocycles. The number of aliphatic hydroxyl groups excluding tert-OH is 1. The van der Waals surface area contributed by atoms with Crippen molar-refractivity contribution in [1.82, 2.24) is 14.9 Å². The lowest BCUT2D eigenvalue weighted by molar-refractivity contribution is -0.131. The summed E-state index contributed by atoms with van der Waals surface area (Å²) in [6, 6.07) is 7.77. The van der Waals surface area contributed by atoms with Crippen LogP contribution in [-0.2, 0) is 16.0 Å². The highest BCUT2D eigenvalue weighted by molar-refractivity contribution is 5.77. The number of aliphatic hydroxyl groups is 1. The predicted octanol–water partition coefficient (Wildman–Crippen LogP) is 0.961. The van der Waals surface area contributed by atoms with Crippen LogP contribution in [0.1, 0.15) is 12.2 Å². The number of fused-ring (bicyclic) bond motifs is 1. The second-order valence-corrected chi connectivity index (χ2v) is 5.08. The molecule has 2 N–H and O–H groups in total.